The normalized spacial score (nSPS) is 15.0. The van der Waals surface area contributed by atoms with Crippen LogP contribution in [0, 0.1) is 6.92 Å². The van der Waals surface area contributed by atoms with E-state index in [1.54, 1.807) is 13.4 Å². The van der Waals surface area contributed by atoms with E-state index >= 15 is 0 Å². The Morgan fingerprint density at radius 3 is 2.34 bits per heavy atom. The average Bonchev–Trinajstić information content (AvgIpc) is 3.71. The van der Waals surface area contributed by atoms with Gasteiger partial charge in [-0.15, -0.1) is 0 Å². The first-order chi connectivity index (χ1) is 21.5. The highest BCUT2D eigenvalue weighted by molar-refractivity contribution is 5.98. The van der Waals surface area contributed by atoms with E-state index in [4.69, 9.17) is 4.74 Å². The summed E-state index contributed by atoms with van der Waals surface area (Å²) < 4.78 is 5.44. The molecule has 9 heteroatoms. The third-order valence-electron chi connectivity index (χ3n) is 8.89. The van der Waals surface area contributed by atoms with E-state index < -0.39 is 0 Å². The number of rotatable bonds is 5. The van der Waals surface area contributed by atoms with Crippen molar-refractivity contribution in [2.24, 2.45) is 0 Å². The summed E-state index contributed by atoms with van der Waals surface area (Å²) in [5.74, 6) is 0.0487. The lowest BCUT2D eigenvalue weighted by atomic mass is 10.0. The minimum Gasteiger partial charge on any atom is -0.381 e. The monoisotopic (exact) mass is 586 g/mol. The van der Waals surface area contributed by atoms with E-state index in [1.807, 2.05) is 77.4 Å². The van der Waals surface area contributed by atoms with Crippen molar-refractivity contribution in [2.75, 3.05) is 25.5 Å². The molecule has 0 aliphatic carbocycles. The van der Waals surface area contributed by atoms with Crippen LogP contribution in [0.15, 0.2) is 79.1 Å². The number of aromatic amines is 1. The van der Waals surface area contributed by atoms with Gasteiger partial charge in [-0.25, -0.2) is 14.8 Å². The highest BCUT2D eigenvalue weighted by Gasteiger charge is 2.25. The number of carbonyl (C=O) groups excluding carboxylic acids is 2. The smallest absolute Gasteiger partial charge is 0.322 e. The molecule has 2 N–H and O–H groups in total. The molecular weight excluding hydrogens is 552 g/mol. The molecule has 4 heterocycles. The van der Waals surface area contributed by atoms with Crippen LogP contribution in [-0.4, -0.2) is 63.0 Å². The van der Waals surface area contributed by atoms with Crippen molar-refractivity contribution in [1.29, 1.82) is 0 Å². The zero-order chi connectivity index (χ0) is 30.2. The lowest BCUT2D eigenvalue weighted by Gasteiger charge is -2.31. The molecule has 2 aliphatic heterocycles. The van der Waals surface area contributed by atoms with Gasteiger partial charge >= 0.3 is 6.03 Å². The summed E-state index contributed by atoms with van der Waals surface area (Å²) in [5.41, 5.74) is 8.98. The van der Waals surface area contributed by atoms with Crippen molar-refractivity contribution < 1.29 is 14.3 Å². The van der Waals surface area contributed by atoms with Gasteiger partial charge in [-0.1, -0.05) is 48.5 Å². The first kappa shape index (κ1) is 27.8. The number of ether oxygens (including phenoxy) is 1. The maximum atomic E-state index is 13.2. The quantitative estimate of drug-likeness (QED) is 0.248. The SMILES string of the molecule is COC1CCN(C(=O)c2ccc(-c3cc4c(-c5cccc(NC(=O)N6Cc7ccccc7C6)c5C)ncnc4[nH]3)cc2)CC1. The van der Waals surface area contributed by atoms with Crippen LogP contribution in [0.1, 0.15) is 39.9 Å². The van der Waals surface area contributed by atoms with Gasteiger partial charge in [0.15, 0.2) is 0 Å². The summed E-state index contributed by atoms with van der Waals surface area (Å²) in [4.78, 5) is 42.6. The first-order valence-electron chi connectivity index (χ1n) is 15.0. The van der Waals surface area contributed by atoms with E-state index in [9.17, 15) is 9.59 Å². The number of piperidine rings is 1. The topological polar surface area (TPSA) is 103 Å². The Kier molecular flexibility index (Phi) is 7.31. The number of likely N-dealkylation sites (tertiary alicyclic amines) is 1. The van der Waals surface area contributed by atoms with Crippen LogP contribution >= 0.6 is 0 Å². The van der Waals surface area contributed by atoms with Gasteiger partial charge in [-0.05, 0) is 66.3 Å². The summed E-state index contributed by atoms with van der Waals surface area (Å²) in [6.45, 7) is 4.61. The van der Waals surface area contributed by atoms with E-state index in [0.717, 1.165) is 57.6 Å². The number of hydrogen-bond donors (Lipinski definition) is 2. The van der Waals surface area contributed by atoms with E-state index in [0.29, 0.717) is 31.7 Å². The molecule has 9 nitrogen and oxygen atoms in total. The van der Waals surface area contributed by atoms with Gasteiger partial charge in [0.2, 0.25) is 0 Å². The number of nitrogens with one attached hydrogen (secondary N) is 2. The van der Waals surface area contributed by atoms with Gasteiger partial charge in [0.05, 0.1) is 11.8 Å². The molecule has 44 heavy (non-hydrogen) atoms. The second-order valence-corrected chi connectivity index (χ2v) is 11.5. The molecule has 1 saturated heterocycles. The molecule has 5 aromatic rings. The van der Waals surface area contributed by atoms with Crippen molar-refractivity contribution in [2.45, 2.75) is 39.0 Å². The van der Waals surface area contributed by atoms with Crippen LogP contribution in [0.4, 0.5) is 10.5 Å². The Morgan fingerprint density at radius 1 is 0.909 bits per heavy atom. The molecule has 0 atom stereocenters. The van der Waals surface area contributed by atoms with Crippen LogP contribution in [0.25, 0.3) is 33.5 Å². The van der Waals surface area contributed by atoms with E-state index in [-0.39, 0.29) is 18.0 Å². The van der Waals surface area contributed by atoms with Crippen molar-refractivity contribution in [1.82, 2.24) is 24.8 Å². The number of carbonyl (C=O) groups is 2. The third-order valence-corrected chi connectivity index (χ3v) is 8.89. The average molecular weight is 587 g/mol. The van der Waals surface area contributed by atoms with Crippen LogP contribution in [0.3, 0.4) is 0 Å². The van der Waals surface area contributed by atoms with Gasteiger partial charge in [-0.3, -0.25) is 4.79 Å². The van der Waals surface area contributed by atoms with Crippen molar-refractivity contribution in [3.8, 4) is 22.5 Å². The van der Waals surface area contributed by atoms with Crippen LogP contribution < -0.4 is 5.32 Å². The molecular formula is C35H34N6O3. The number of fused-ring (bicyclic) bond motifs is 2. The standard InChI is InChI=1S/C35H34N6O3/c1-22-28(8-5-9-30(22)39-35(43)41-19-25-6-3-4-7-26(25)20-41)32-29-18-31(38-33(29)37-21-36-32)23-10-12-24(13-11-23)34(42)40-16-14-27(44-2)15-17-40/h3-13,18,21,27H,14-17,19-20H2,1-2H3,(H,39,43)(H,36,37,38). The lowest BCUT2D eigenvalue weighted by molar-refractivity contribution is 0.0351. The van der Waals surface area contributed by atoms with Gasteiger partial charge in [0, 0.05) is 61.2 Å². The van der Waals surface area contributed by atoms with Crippen LogP contribution in [0.2, 0.25) is 0 Å². The van der Waals surface area contributed by atoms with Crippen molar-refractivity contribution in [3.05, 3.63) is 101 Å². The first-order valence-corrected chi connectivity index (χ1v) is 15.0. The number of methoxy groups -OCH3 is 1. The maximum absolute atomic E-state index is 13.2. The highest BCUT2D eigenvalue weighted by atomic mass is 16.5. The highest BCUT2D eigenvalue weighted by Crippen LogP contribution is 2.34. The Morgan fingerprint density at radius 2 is 1.64 bits per heavy atom. The molecule has 0 saturated carbocycles. The number of anilines is 1. The number of amides is 3. The largest absolute Gasteiger partial charge is 0.381 e. The summed E-state index contributed by atoms with van der Waals surface area (Å²) >= 11 is 0. The Labute approximate surface area is 255 Å². The number of benzene rings is 3. The number of nitrogens with zero attached hydrogens (tertiary/aromatic N) is 4. The predicted molar refractivity (Wildman–Crippen MR) is 170 cm³/mol. The summed E-state index contributed by atoms with van der Waals surface area (Å²) in [6.07, 6.45) is 3.51. The second kappa shape index (κ2) is 11.6. The molecule has 222 valence electrons. The fourth-order valence-electron chi connectivity index (χ4n) is 6.28. The van der Waals surface area contributed by atoms with Crippen molar-refractivity contribution >= 4 is 28.7 Å². The second-order valence-electron chi connectivity index (χ2n) is 11.5. The molecule has 0 radical (unpaired) electrons. The molecule has 1 fully saturated rings. The molecule has 3 amide bonds. The van der Waals surface area contributed by atoms with Gasteiger partial charge in [0.25, 0.3) is 5.91 Å². The molecule has 0 unspecified atom stereocenters. The molecule has 3 aromatic carbocycles. The molecule has 2 aromatic heterocycles. The molecule has 0 bridgehead atoms. The zero-order valence-electron chi connectivity index (χ0n) is 24.8. The Balaban J connectivity index is 1.11. The predicted octanol–water partition coefficient (Wildman–Crippen LogP) is 6.40. The van der Waals surface area contributed by atoms with Gasteiger partial charge in [0.1, 0.15) is 12.0 Å². The van der Waals surface area contributed by atoms with Gasteiger partial charge in [-0.2, -0.15) is 0 Å². The summed E-state index contributed by atoms with van der Waals surface area (Å²) in [7, 11) is 1.73. The zero-order valence-corrected chi connectivity index (χ0v) is 24.8. The maximum Gasteiger partial charge on any atom is 0.322 e. The number of aromatic nitrogens is 3. The number of urea groups is 1. The van der Waals surface area contributed by atoms with Crippen molar-refractivity contribution in [3.63, 3.8) is 0 Å². The molecule has 2 aliphatic rings. The number of H-pyrrole nitrogens is 1. The lowest BCUT2D eigenvalue weighted by Crippen LogP contribution is -2.40. The van der Waals surface area contributed by atoms with Gasteiger partial charge < -0.3 is 24.8 Å². The molecule has 0 spiro atoms. The fraction of sp³-hybridized carbons (Fsp3) is 0.257. The van der Waals surface area contributed by atoms with E-state index in [2.05, 4.69) is 32.4 Å². The Hall–Kier alpha value is -5.02. The fourth-order valence-corrected chi connectivity index (χ4v) is 6.28. The summed E-state index contributed by atoms with van der Waals surface area (Å²) in [5, 5.41) is 4.00. The third kappa shape index (κ3) is 5.20. The van der Waals surface area contributed by atoms with Crippen LogP contribution in [0.5, 0.6) is 0 Å². The summed E-state index contributed by atoms with van der Waals surface area (Å²) in [6, 6.07) is 23.6. The Bertz CT molecular complexity index is 1830. The minimum absolute atomic E-state index is 0.0487. The molecule has 7 rings (SSSR count). The minimum atomic E-state index is -0.125. The number of hydrogen-bond acceptors (Lipinski definition) is 5. The van der Waals surface area contributed by atoms with Crippen LogP contribution in [-0.2, 0) is 17.8 Å². The van der Waals surface area contributed by atoms with E-state index in [1.165, 1.54) is 11.1 Å².